The molecule has 1 unspecified atom stereocenters. The normalized spacial score (nSPS) is 17.5. The van der Waals surface area contributed by atoms with Crippen LogP contribution in [0, 0.1) is 5.92 Å². The van der Waals surface area contributed by atoms with Crippen molar-refractivity contribution in [3.63, 3.8) is 0 Å². The van der Waals surface area contributed by atoms with Crippen molar-refractivity contribution in [2.24, 2.45) is 5.92 Å². The second kappa shape index (κ2) is 7.06. The van der Waals surface area contributed by atoms with Crippen LogP contribution >= 0.6 is 0 Å². The molecular weight excluding hydrogens is 284 g/mol. The molecule has 118 valence electrons. The van der Waals surface area contributed by atoms with E-state index < -0.39 is 5.97 Å². The predicted octanol–water partition coefficient (Wildman–Crippen LogP) is 1.67. The zero-order valence-corrected chi connectivity index (χ0v) is 12.8. The number of nitrogens with zero attached hydrogens (tertiary/aromatic N) is 1. The fourth-order valence-electron chi connectivity index (χ4n) is 2.44. The average molecular weight is 304 g/mol. The number of hydrogen-bond donors (Lipinski definition) is 1. The second-order valence-corrected chi connectivity index (χ2v) is 5.12. The van der Waals surface area contributed by atoms with Crippen LogP contribution in [0.2, 0.25) is 0 Å². The Labute approximate surface area is 129 Å². The molecule has 1 aliphatic heterocycles. The third-order valence-electron chi connectivity index (χ3n) is 3.61. The first-order valence-electron chi connectivity index (χ1n) is 7.41. The minimum Gasteiger partial charge on any atom is -0.462 e. The highest BCUT2D eigenvalue weighted by Crippen LogP contribution is 2.20. The molecule has 22 heavy (non-hydrogen) atoms. The maximum atomic E-state index is 12.2. The van der Waals surface area contributed by atoms with E-state index >= 15 is 0 Å². The lowest BCUT2D eigenvalue weighted by molar-refractivity contribution is -0.128. The van der Waals surface area contributed by atoms with Crippen molar-refractivity contribution >= 4 is 23.5 Å². The van der Waals surface area contributed by atoms with Crippen LogP contribution in [0.3, 0.4) is 0 Å². The number of benzene rings is 1. The summed E-state index contributed by atoms with van der Waals surface area (Å²) in [6, 6.07) is 6.59. The minimum atomic E-state index is -0.424. The lowest BCUT2D eigenvalue weighted by Gasteiger charge is -2.14. The second-order valence-electron chi connectivity index (χ2n) is 5.12. The molecule has 0 aromatic heterocycles. The fraction of sp³-hybridized carbons (Fsp3) is 0.438. The summed E-state index contributed by atoms with van der Waals surface area (Å²) in [6.45, 7) is 4.98. The van der Waals surface area contributed by atoms with Gasteiger partial charge in [0.05, 0.1) is 18.1 Å². The Kier molecular flexibility index (Phi) is 5.14. The number of ether oxygens (including phenoxy) is 1. The van der Waals surface area contributed by atoms with Crippen LogP contribution in [-0.2, 0) is 14.3 Å². The molecule has 0 saturated carbocycles. The lowest BCUT2D eigenvalue weighted by Crippen LogP contribution is -2.28. The Morgan fingerprint density at radius 3 is 2.77 bits per heavy atom. The third-order valence-corrected chi connectivity index (χ3v) is 3.61. The third kappa shape index (κ3) is 3.63. The van der Waals surface area contributed by atoms with Crippen molar-refractivity contribution in [1.82, 2.24) is 4.90 Å². The molecule has 2 rings (SSSR count). The molecule has 0 bridgehead atoms. The van der Waals surface area contributed by atoms with Crippen LogP contribution in [0.4, 0.5) is 5.69 Å². The van der Waals surface area contributed by atoms with Crippen LogP contribution < -0.4 is 5.32 Å². The molecule has 1 saturated heterocycles. The van der Waals surface area contributed by atoms with Crippen LogP contribution in [0.15, 0.2) is 24.3 Å². The summed E-state index contributed by atoms with van der Waals surface area (Å²) in [4.78, 5) is 37.2. The molecule has 1 aliphatic rings. The maximum Gasteiger partial charge on any atom is 0.338 e. The standard InChI is InChI=1S/C16H20N2O4/c1-3-18-10-12(9-14(18)19)15(20)17-13-7-5-6-11(8-13)16(21)22-4-2/h5-8,12H,3-4,9-10H2,1-2H3,(H,17,20). The molecule has 0 radical (unpaired) electrons. The highest BCUT2D eigenvalue weighted by Gasteiger charge is 2.33. The Bertz CT molecular complexity index is 585. The van der Waals surface area contributed by atoms with Crippen LogP contribution in [0.1, 0.15) is 30.6 Å². The summed E-state index contributed by atoms with van der Waals surface area (Å²) in [7, 11) is 0. The van der Waals surface area contributed by atoms with Crippen molar-refractivity contribution in [2.75, 3.05) is 25.0 Å². The van der Waals surface area contributed by atoms with Gasteiger partial charge in [-0.15, -0.1) is 0 Å². The van der Waals surface area contributed by atoms with E-state index in [9.17, 15) is 14.4 Å². The number of rotatable bonds is 5. The number of carbonyl (C=O) groups excluding carboxylic acids is 3. The van der Waals surface area contributed by atoms with E-state index in [1.54, 1.807) is 36.1 Å². The Morgan fingerprint density at radius 2 is 2.14 bits per heavy atom. The highest BCUT2D eigenvalue weighted by molar-refractivity contribution is 5.98. The molecule has 1 atom stereocenters. The monoisotopic (exact) mass is 304 g/mol. The smallest absolute Gasteiger partial charge is 0.338 e. The number of anilines is 1. The summed E-state index contributed by atoms with van der Waals surface area (Å²) >= 11 is 0. The quantitative estimate of drug-likeness (QED) is 0.840. The molecule has 1 aromatic carbocycles. The molecule has 6 nitrogen and oxygen atoms in total. The van der Waals surface area contributed by atoms with Gasteiger partial charge in [-0.1, -0.05) is 6.07 Å². The summed E-state index contributed by atoms with van der Waals surface area (Å²) in [5.74, 6) is -0.973. The predicted molar refractivity (Wildman–Crippen MR) is 81.4 cm³/mol. The first-order valence-corrected chi connectivity index (χ1v) is 7.41. The van der Waals surface area contributed by atoms with Gasteiger partial charge < -0.3 is 15.0 Å². The molecular formula is C16H20N2O4. The van der Waals surface area contributed by atoms with Crippen molar-refractivity contribution in [2.45, 2.75) is 20.3 Å². The number of amides is 2. The molecule has 1 fully saturated rings. The van der Waals surface area contributed by atoms with E-state index in [4.69, 9.17) is 4.74 Å². The highest BCUT2D eigenvalue weighted by atomic mass is 16.5. The number of likely N-dealkylation sites (tertiary alicyclic amines) is 1. The number of esters is 1. The maximum absolute atomic E-state index is 12.2. The van der Waals surface area contributed by atoms with E-state index in [1.165, 1.54) is 0 Å². The van der Waals surface area contributed by atoms with Crippen molar-refractivity contribution < 1.29 is 19.1 Å². The first-order chi connectivity index (χ1) is 10.5. The van der Waals surface area contributed by atoms with Crippen molar-refractivity contribution in [1.29, 1.82) is 0 Å². The summed E-state index contributed by atoms with van der Waals surface area (Å²) in [5, 5.41) is 2.76. The average Bonchev–Trinajstić information content (AvgIpc) is 2.89. The Hall–Kier alpha value is -2.37. The van der Waals surface area contributed by atoms with Crippen LogP contribution in [-0.4, -0.2) is 42.4 Å². The van der Waals surface area contributed by atoms with E-state index in [1.807, 2.05) is 6.92 Å². The SMILES string of the molecule is CCOC(=O)c1cccc(NC(=O)C2CC(=O)N(CC)C2)c1. The van der Waals surface area contributed by atoms with E-state index in [0.29, 0.717) is 30.9 Å². The number of nitrogens with one attached hydrogen (secondary N) is 1. The van der Waals surface area contributed by atoms with Gasteiger partial charge in [0, 0.05) is 25.2 Å². The van der Waals surface area contributed by atoms with Gasteiger partial charge in [-0.3, -0.25) is 9.59 Å². The van der Waals surface area contributed by atoms with E-state index in [2.05, 4.69) is 5.32 Å². The van der Waals surface area contributed by atoms with Gasteiger partial charge in [-0.25, -0.2) is 4.79 Å². The summed E-state index contributed by atoms with van der Waals surface area (Å²) < 4.78 is 4.93. The molecule has 6 heteroatoms. The van der Waals surface area contributed by atoms with Gasteiger partial charge in [0.1, 0.15) is 0 Å². The molecule has 0 aliphatic carbocycles. The van der Waals surface area contributed by atoms with Crippen molar-refractivity contribution in [3.8, 4) is 0 Å². The molecule has 2 amide bonds. The number of hydrogen-bond acceptors (Lipinski definition) is 4. The lowest BCUT2D eigenvalue weighted by atomic mass is 10.1. The van der Waals surface area contributed by atoms with Gasteiger partial charge in [-0.05, 0) is 32.0 Å². The van der Waals surface area contributed by atoms with Gasteiger partial charge in [0.25, 0.3) is 0 Å². The Balaban J connectivity index is 2.02. The minimum absolute atomic E-state index is 0.00271. The van der Waals surface area contributed by atoms with E-state index in [-0.39, 0.29) is 24.2 Å². The topological polar surface area (TPSA) is 75.7 Å². The summed E-state index contributed by atoms with van der Waals surface area (Å²) in [5.41, 5.74) is 0.912. The van der Waals surface area contributed by atoms with Gasteiger partial charge in [0.2, 0.25) is 11.8 Å². The summed E-state index contributed by atoms with van der Waals surface area (Å²) in [6.07, 6.45) is 0.233. The van der Waals surface area contributed by atoms with E-state index in [0.717, 1.165) is 0 Å². The zero-order valence-electron chi connectivity index (χ0n) is 12.8. The number of carbonyl (C=O) groups is 3. The largest absolute Gasteiger partial charge is 0.462 e. The Morgan fingerprint density at radius 1 is 1.36 bits per heavy atom. The zero-order chi connectivity index (χ0) is 16.1. The van der Waals surface area contributed by atoms with Crippen molar-refractivity contribution in [3.05, 3.63) is 29.8 Å². The van der Waals surface area contributed by atoms with Crippen LogP contribution in [0.5, 0.6) is 0 Å². The first kappa shape index (κ1) is 16.0. The molecule has 1 heterocycles. The molecule has 1 N–H and O–H groups in total. The molecule has 1 aromatic rings. The van der Waals surface area contributed by atoms with Gasteiger partial charge in [0.15, 0.2) is 0 Å². The van der Waals surface area contributed by atoms with Crippen LogP contribution in [0.25, 0.3) is 0 Å². The molecule has 0 spiro atoms. The van der Waals surface area contributed by atoms with Gasteiger partial charge >= 0.3 is 5.97 Å². The van der Waals surface area contributed by atoms with Gasteiger partial charge in [-0.2, -0.15) is 0 Å². The fourth-order valence-corrected chi connectivity index (χ4v) is 2.44.